The third kappa shape index (κ3) is 5.10. The van der Waals surface area contributed by atoms with Gasteiger partial charge in [0.2, 0.25) is 5.91 Å². The van der Waals surface area contributed by atoms with Crippen molar-refractivity contribution in [2.45, 2.75) is 33.1 Å². The van der Waals surface area contributed by atoms with E-state index in [2.05, 4.69) is 5.32 Å². The molecule has 0 bridgehead atoms. The number of amides is 1. The van der Waals surface area contributed by atoms with E-state index in [1.54, 1.807) is 43.3 Å². The summed E-state index contributed by atoms with van der Waals surface area (Å²) in [7, 11) is 0. The molecule has 0 unspecified atom stereocenters. The van der Waals surface area contributed by atoms with Gasteiger partial charge in [-0.1, -0.05) is 20.3 Å². The summed E-state index contributed by atoms with van der Waals surface area (Å²) in [5.74, 6) is 0.173. The van der Waals surface area contributed by atoms with Crippen LogP contribution in [0.3, 0.4) is 0 Å². The van der Waals surface area contributed by atoms with Gasteiger partial charge in [-0.25, -0.2) is 4.79 Å². The summed E-state index contributed by atoms with van der Waals surface area (Å²) in [4.78, 5) is 35.6. The molecule has 0 fully saturated rings. The van der Waals surface area contributed by atoms with E-state index in [0.29, 0.717) is 29.0 Å². The molecule has 1 heterocycles. The van der Waals surface area contributed by atoms with Crippen molar-refractivity contribution < 1.29 is 18.7 Å². The van der Waals surface area contributed by atoms with Gasteiger partial charge in [-0.05, 0) is 48.4 Å². The van der Waals surface area contributed by atoms with E-state index in [1.807, 2.05) is 13.0 Å². The van der Waals surface area contributed by atoms with Crippen LogP contribution in [-0.2, 0) is 11.2 Å². The molecule has 29 heavy (non-hydrogen) atoms. The van der Waals surface area contributed by atoms with E-state index in [9.17, 15) is 14.4 Å². The van der Waals surface area contributed by atoms with Gasteiger partial charge in [0, 0.05) is 35.2 Å². The highest BCUT2D eigenvalue weighted by atomic mass is 16.5. The van der Waals surface area contributed by atoms with Gasteiger partial charge >= 0.3 is 5.63 Å². The molecule has 0 aliphatic rings. The summed E-state index contributed by atoms with van der Waals surface area (Å²) < 4.78 is 10.9. The lowest BCUT2D eigenvalue weighted by atomic mass is 10.1. The van der Waals surface area contributed by atoms with Crippen LogP contribution in [-0.4, -0.2) is 18.3 Å². The number of benzene rings is 2. The van der Waals surface area contributed by atoms with E-state index in [-0.39, 0.29) is 18.3 Å². The fraction of sp³-hybridized carbons (Fsp3) is 0.261. The van der Waals surface area contributed by atoms with Crippen molar-refractivity contribution in [1.82, 2.24) is 0 Å². The van der Waals surface area contributed by atoms with Crippen molar-refractivity contribution in [3.8, 4) is 5.75 Å². The van der Waals surface area contributed by atoms with Crippen molar-refractivity contribution in [3.05, 3.63) is 70.1 Å². The van der Waals surface area contributed by atoms with Crippen molar-refractivity contribution >= 4 is 28.3 Å². The average Bonchev–Trinajstić information content (AvgIpc) is 2.72. The van der Waals surface area contributed by atoms with Gasteiger partial charge in [-0.3, -0.25) is 9.59 Å². The highest BCUT2D eigenvalue weighted by Crippen LogP contribution is 2.23. The molecule has 1 aromatic heterocycles. The molecular weight excluding hydrogens is 370 g/mol. The van der Waals surface area contributed by atoms with Crippen LogP contribution in [0.25, 0.3) is 11.0 Å². The van der Waals surface area contributed by atoms with Crippen LogP contribution in [0.1, 0.15) is 42.6 Å². The molecular formula is C23H23NO5. The smallest absolute Gasteiger partial charge is 0.336 e. The minimum Gasteiger partial charge on any atom is -0.485 e. The summed E-state index contributed by atoms with van der Waals surface area (Å²) >= 11 is 0. The maximum atomic E-state index is 12.4. The Morgan fingerprint density at radius 1 is 1.03 bits per heavy atom. The Labute approximate surface area is 168 Å². The molecule has 2 aromatic carbocycles. The monoisotopic (exact) mass is 393 g/mol. The first-order chi connectivity index (χ1) is 14.0. The lowest BCUT2D eigenvalue weighted by Gasteiger charge is -2.09. The van der Waals surface area contributed by atoms with Crippen molar-refractivity contribution in [1.29, 1.82) is 0 Å². The number of nitrogens with one attached hydrogen (secondary N) is 1. The van der Waals surface area contributed by atoms with Crippen LogP contribution >= 0.6 is 0 Å². The number of fused-ring (bicyclic) bond motifs is 1. The minimum absolute atomic E-state index is 0.0857. The minimum atomic E-state index is -0.399. The molecule has 0 aliphatic heterocycles. The second-order valence-corrected chi connectivity index (χ2v) is 6.69. The zero-order valence-electron chi connectivity index (χ0n) is 16.5. The van der Waals surface area contributed by atoms with Crippen molar-refractivity contribution in [2.24, 2.45) is 0 Å². The molecule has 0 spiro atoms. The van der Waals surface area contributed by atoms with E-state index in [4.69, 9.17) is 9.15 Å². The average molecular weight is 393 g/mol. The molecule has 0 radical (unpaired) electrons. The number of anilines is 1. The summed E-state index contributed by atoms with van der Waals surface area (Å²) in [6.07, 6.45) is 2.10. The van der Waals surface area contributed by atoms with Crippen LogP contribution in [0.5, 0.6) is 5.75 Å². The topological polar surface area (TPSA) is 85.6 Å². The van der Waals surface area contributed by atoms with Crippen LogP contribution in [0.15, 0.2) is 57.7 Å². The van der Waals surface area contributed by atoms with Crippen LogP contribution < -0.4 is 15.7 Å². The molecule has 1 amide bonds. The third-order valence-corrected chi connectivity index (χ3v) is 4.50. The normalized spacial score (nSPS) is 10.7. The van der Waals surface area contributed by atoms with Gasteiger partial charge in [-0.2, -0.15) is 0 Å². The van der Waals surface area contributed by atoms with E-state index < -0.39 is 5.63 Å². The highest BCUT2D eigenvalue weighted by Gasteiger charge is 2.10. The number of hydrogen-bond donors (Lipinski definition) is 1. The summed E-state index contributed by atoms with van der Waals surface area (Å²) in [6, 6.07) is 13.4. The second-order valence-electron chi connectivity index (χ2n) is 6.69. The van der Waals surface area contributed by atoms with Gasteiger partial charge in [0.05, 0.1) is 0 Å². The number of Topliss-reactive ketones (excluding diaryl/α,β-unsaturated/α-hetero) is 1. The molecule has 0 saturated carbocycles. The number of carbonyl (C=O) groups excluding carboxylic acids is 2. The molecule has 150 valence electrons. The number of rotatable bonds is 8. The largest absolute Gasteiger partial charge is 0.485 e. The van der Waals surface area contributed by atoms with E-state index >= 15 is 0 Å². The molecule has 6 nitrogen and oxygen atoms in total. The standard InChI is InChI=1S/C23H23NO5/c1-3-5-16-12-23(27)29-21-13-18(10-11-19(16)21)28-14-20(25)15-6-8-17(9-7-15)24-22(26)4-2/h6-13H,3-5,14H2,1-2H3,(H,24,26). The van der Waals surface area contributed by atoms with E-state index in [1.165, 1.54) is 6.07 Å². The fourth-order valence-electron chi connectivity index (χ4n) is 3.00. The molecule has 0 saturated heterocycles. The summed E-state index contributed by atoms with van der Waals surface area (Å²) in [6.45, 7) is 3.67. The van der Waals surface area contributed by atoms with E-state index in [0.717, 1.165) is 23.8 Å². The van der Waals surface area contributed by atoms with Crippen LogP contribution in [0, 0.1) is 0 Å². The Bertz CT molecular complexity index is 1080. The Balaban J connectivity index is 1.69. The van der Waals surface area contributed by atoms with Crippen LogP contribution in [0.4, 0.5) is 5.69 Å². The third-order valence-electron chi connectivity index (χ3n) is 4.50. The molecule has 3 aromatic rings. The molecule has 0 atom stereocenters. The Morgan fingerprint density at radius 2 is 1.79 bits per heavy atom. The predicted molar refractivity (Wildman–Crippen MR) is 112 cm³/mol. The van der Waals surface area contributed by atoms with Gasteiger partial charge < -0.3 is 14.5 Å². The fourth-order valence-corrected chi connectivity index (χ4v) is 3.00. The number of ketones is 1. The number of hydrogen-bond acceptors (Lipinski definition) is 5. The van der Waals surface area contributed by atoms with Crippen LogP contribution in [0.2, 0.25) is 0 Å². The summed E-state index contributed by atoms with van der Waals surface area (Å²) in [5.41, 5.74) is 2.11. The maximum Gasteiger partial charge on any atom is 0.336 e. The molecule has 3 rings (SSSR count). The molecule has 0 aliphatic carbocycles. The lowest BCUT2D eigenvalue weighted by Crippen LogP contribution is -2.12. The lowest BCUT2D eigenvalue weighted by molar-refractivity contribution is -0.115. The number of ether oxygens (including phenoxy) is 1. The number of carbonyl (C=O) groups is 2. The van der Waals surface area contributed by atoms with Gasteiger partial charge in [-0.15, -0.1) is 0 Å². The van der Waals surface area contributed by atoms with Crippen molar-refractivity contribution in [2.75, 3.05) is 11.9 Å². The Kier molecular flexibility index (Phi) is 6.44. The van der Waals surface area contributed by atoms with Gasteiger partial charge in [0.25, 0.3) is 0 Å². The van der Waals surface area contributed by atoms with Gasteiger partial charge in [0.1, 0.15) is 11.3 Å². The second kappa shape index (κ2) is 9.19. The first kappa shape index (κ1) is 20.3. The zero-order chi connectivity index (χ0) is 20.8. The predicted octanol–water partition coefficient (Wildman–Crippen LogP) is 4.36. The number of aryl methyl sites for hydroxylation is 1. The zero-order valence-corrected chi connectivity index (χ0v) is 16.5. The molecule has 1 N–H and O–H groups in total. The van der Waals surface area contributed by atoms with Gasteiger partial charge in [0.15, 0.2) is 12.4 Å². The Hall–Kier alpha value is -3.41. The quantitative estimate of drug-likeness (QED) is 0.454. The molecule has 6 heteroatoms. The SMILES string of the molecule is CCCc1cc(=O)oc2cc(OCC(=O)c3ccc(NC(=O)CC)cc3)ccc12. The highest BCUT2D eigenvalue weighted by molar-refractivity contribution is 5.98. The Morgan fingerprint density at radius 3 is 2.48 bits per heavy atom. The maximum absolute atomic E-state index is 12.4. The van der Waals surface area contributed by atoms with Crippen molar-refractivity contribution in [3.63, 3.8) is 0 Å². The first-order valence-electron chi connectivity index (χ1n) is 9.63. The first-order valence-corrected chi connectivity index (χ1v) is 9.63. The summed E-state index contributed by atoms with van der Waals surface area (Å²) in [5, 5.41) is 3.60.